The van der Waals surface area contributed by atoms with Gasteiger partial charge in [-0.15, -0.1) is 0 Å². The summed E-state index contributed by atoms with van der Waals surface area (Å²) in [5.41, 5.74) is 6.07. The number of carbonyl (C=O) groups excluding carboxylic acids is 1. The molecule has 3 heteroatoms. The highest BCUT2D eigenvalue weighted by atomic mass is 19.1. The molecule has 0 bridgehead atoms. The summed E-state index contributed by atoms with van der Waals surface area (Å²) in [6.45, 7) is 6.35. The average molecular weight is 512 g/mol. The Bertz CT molecular complexity index is 1170. The highest BCUT2D eigenvalue weighted by Gasteiger charge is 2.22. The molecule has 3 aromatic rings. The van der Waals surface area contributed by atoms with Gasteiger partial charge in [0.1, 0.15) is 5.82 Å². The summed E-state index contributed by atoms with van der Waals surface area (Å²) in [6, 6.07) is 22.4. The van der Waals surface area contributed by atoms with Crippen molar-refractivity contribution in [3.63, 3.8) is 0 Å². The third-order valence-electron chi connectivity index (χ3n) is 8.14. The maximum Gasteiger partial charge on any atom is 0.243 e. The van der Waals surface area contributed by atoms with Crippen LogP contribution in [0.3, 0.4) is 0 Å². The van der Waals surface area contributed by atoms with Crippen LogP contribution in [0.2, 0.25) is 0 Å². The van der Waals surface area contributed by atoms with Crippen LogP contribution in [0, 0.1) is 11.7 Å². The fourth-order valence-corrected chi connectivity index (χ4v) is 5.77. The van der Waals surface area contributed by atoms with E-state index in [0.29, 0.717) is 18.0 Å². The second-order valence-electron chi connectivity index (χ2n) is 10.8. The summed E-state index contributed by atoms with van der Waals surface area (Å²) in [7, 11) is 0. The fourth-order valence-electron chi connectivity index (χ4n) is 5.77. The van der Waals surface area contributed by atoms with Gasteiger partial charge in [0, 0.05) is 12.1 Å². The molecule has 1 aliphatic rings. The molecule has 2 nitrogen and oxygen atoms in total. The van der Waals surface area contributed by atoms with Crippen molar-refractivity contribution in [3.05, 3.63) is 96.3 Å². The summed E-state index contributed by atoms with van der Waals surface area (Å²) in [5, 5.41) is 2.79. The number of amides is 1. The molecule has 1 saturated carbocycles. The number of aryl methyl sites for hydroxylation is 1. The smallest absolute Gasteiger partial charge is 0.243 e. The van der Waals surface area contributed by atoms with E-state index < -0.39 is 0 Å². The number of rotatable bonds is 12. The van der Waals surface area contributed by atoms with Gasteiger partial charge in [-0.05, 0) is 90.3 Å². The highest BCUT2D eigenvalue weighted by Crippen LogP contribution is 2.38. The van der Waals surface area contributed by atoms with E-state index in [1.807, 2.05) is 36.4 Å². The zero-order valence-electron chi connectivity index (χ0n) is 22.9. The first kappa shape index (κ1) is 27.8. The molecule has 1 fully saturated rings. The fraction of sp³-hybridized carbons (Fsp3) is 0.400. The van der Waals surface area contributed by atoms with Gasteiger partial charge in [0.15, 0.2) is 0 Å². The molecule has 4 rings (SSSR count). The van der Waals surface area contributed by atoms with Crippen molar-refractivity contribution in [2.75, 3.05) is 6.54 Å². The normalized spacial score (nSPS) is 17.2. The van der Waals surface area contributed by atoms with E-state index in [1.54, 1.807) is 6.07 Å². The Morgan fingerprint density at radius 2 is 1.58 bits per heavy atom. The van der Waals surface area contributed by atoms with Gasteiger partial charge < -0.3 is 5.32 Å². The molecule has 0 saturated heterocycles. The van der Waals surface area contributed by atoms with Gasteiger partial charge in [0.25, 0.3) is 0 Å². The number of halogens is 1. The lowest BCUT2D eigenvalue weighted by molar-refractivity contribution is -0.116. The van der Waals surface area contributed by atoms with Gasteiger partial charge in [0.05, 0.1) is 0 Å². The first-order valence-electron chi connectivity index (χ1n) is 14.5. The van der Waals surface area contributed by atoms with Crippen molar-refractivity contribution in [3.8, 4) is 22.3 Å². The number of nitrogens with one attached hydrogen (secondary N) is 1. The van der Waals surface area contributed by atoms with Crippen LogP contribution in [0.5, 0.6) is 0 Å². The lowest BCUT2D eigenvalue weighted by Crippen LogP contribution is -2.22. The molecule has 1 aliphatic carbocycles. The number of hydrogen-bond donors (Lipinski definition) is 1. The van der Waals surface area contributed by atoms with E-state index in [0.717, 1.165) is 35.4 Å². The molecular formula is C35H42FNO. The molecular weight excluding hydrogens is 469 g/mol. The number of hydrogen-bond acceptors (Lipinski definition) is 1. The largest absolute Gasteiger partial charge is 0.353 e. The Kier molecular flexibility index (Phi) is 10.3. The molecule has 0 radical (unpaired) electrons. The maximum absolute atomic E-state index is 15.1. The highest BCUT2D eigenvalue weighted by molar-refractivity contribution is 5.86. The van der Waals surface area contributed by atoms with Crippen LogP contribution < -0.4 is 5.32 Å². The van der Waals surface area contributed by atoms with Crippen LogP contribution >= 0.6 is 0 Å². The van der Waals surface area contributed by atoms with Crippen LogP contribution in [0.1, 0.15) is 81.8 Å². The van der Waals surface area contributed by atoms with Gasteiger partial charge in [-0.2, -0.15) is 0 Å². The monoisotopic (exact) mass is 511 g/mol. The van der Waals surface area contributed by atoms with Gasteiger partial charge >= 0.3 is 0 Å². The zero-order valence-corrected chi connectivity index (χ0v) is 22.9. The summed E-state index contributed by atoms with van der Waals surface area (Å²) in [4.78, 5) is 11.2. The predicted molar refractivity (Wildman–Crippen MR) is 158 cm³/mol. The van der Waals surface area contributed by atoms with E-state index in [1.165, 1.54) is 68.6 Å². The molecule has 1 amide bonds. The molecule has 0 unspecified atom stereocenters. The van der Waals surface area contributed by atoms with E-state index in [2.05, 4.69) is 43.1 Å². The van der Waals surface area contributed by atoms with E-state index >= 15 is 4.39 Å². The SMILES string of the molecule is C=CC(=O)NCCCc1ccc(-c2ccc(-c3ccc(C4CCC(CCCCC)CC4)cc3)cc2F)cc1. The van der Waals surface area contributed by atoms with Crippen molar-refractivity contribution in [2.45, 2.75) is 77.0 Å². The summed E-state index contributed by atoms with van der Waals surface area (Å²) in [6.07, 6.45) is 13.8. The average Bonchev–Trinajstić information content (AvgIpc) is 2.96. The Morgan fingerprint density at radius 3 is 2.24 bits per heavy atom. The van der Waals surface area contributed by atoms with Crippen molar-refractivity contribution in [2.24, 2.45) is 5.92 Å². The van der Waals surface area contributed by atoms with E-state index in [-0.39, 0.29) is 11.7 Å². The maximum atomic E-state index is 15.1. The second-order valence-corrected chi connectivity index (χ2v) is 10.8. The van der Waals surface area contributed by atoms with Crippen molar-refractivity contribution in [1.82, 2.24) is 5.32 Å². The van der Waals surface area contributed by atoms with E-state index in [9.17, 15) is 4.79 Å². The zero-order chi connectivity index (χ0) is 26.7. The Labute approximate surface area is 228 Å². The summed E-state index contributed by atoms with van der Waals surface area (Å²) < 4.78 is 15.1. The standard InChI is InChI=1S/C35H42FNO/c1-3-5-6-8-26-10-14-28(15-11-26)29-18-20-30(21-19-29)32-22-23-33(34(36)25-32)31-16-12-27(13-17-31)9-7-24-37-35(38)4-2/h4,12-13,16-23,25-26,28H,2-3,5-11,14-15,24H2,1H3,(H,37,38). The van der Waals surface area contributed by atoms with Gasteiger partial charge in [-0.1, -0.05) is 99.8 Å². The Hall–Kier alpha value is -3.20. The van der Waals surface area contributed by atoms with Gasteiger partial charge in [-0.3, -0.25) is 4.79 Å². The van der Waals surface area contributed by atoms with Crippen LogP contribution in [0.25, 0.3) is 22.3 Å². The minimum absolute atomic E-state index is 0.148. The Morgan fingerprint density at radius 1 is 0.895 bits per heavy atom. The van der Waals surface area contributed by atoms with Crippen LogP contribution in [-0.2, 0) is 11.2 Å². The molecule has 0 atom stereocenters. The van der Waals surface area contributed by atoms with Crippen LogP contribution in [-0.4, -0.2) is 12.5 Å². The van der Waals surface area contributed by atoms with Crippen LogP contribution in [0.4, 0.5) is 4.39 Å². The van der Waals surface area contributed by atoms with Crippen molar-refractivity contribution < 1.29 is 9.18 Å². The molecule has 3 aromatic carbocycles. The summed E-state index contributed by atoms with van der Waals surface area (Å²) >= 11 is 0. The predicted octanol–water partition coefficient (Wildman–Crippen LogP) is 9.25. The summed E-state index contributed by atoms with van der Waals surface area (Å²) in [5.74, 6) is 1.24. The molecule has 0 spiro atoms. The molecule has 0 aliphatic heterocycles. The topological polar surface area (TPSA) is 29.1 Å². The molecule has 0 aromatic heterocycles. The van der Waals surface area contributed by atoms with Crippen molar-refractivity contribution >= 4 is 5.91 Å². The minimum atomic E-state index is -0.201. The number of carbonyl (C=O) groups is 1. The third-order valence-corrected chi connectivity index (χ3v) is 8.14. The minimum Gasteiger partial charge on any atom is -0.353 e. The second kappa shape index (κ2) is 14.1. The lowest BCUT2D eigenvalue weighted by atomic mass is 9.77. The lowest BCUT2D eigenvalue weighted by Gasteiger charge is -2.29. The molecule has 1 N–H and O–H groups in total. The Balaban J connectivity index is 1.32. The van der Waals surface area contributed by atoms with Gasteiger partial charge in [-0.25, -0.2) is 4.39 Å². The molecule has 38 heavy (non-hydrogen) atoms. The first-order chi connectivity index (χ1) is 18.6. The molecule has 0 heterocycles. The number of unbranched alkanes of at least 4 members (excludes halogenated alkanes) is 2. The van der Waals surface area contributed by atoms with E-state index in [4.69, 9.17) is 0 Å². The third kappa shape index (κ3) is 7.66. The number of benzene rings is 3. The molecule has 200 valence electrons. The quantitative estimate of drug-likeness (QED) is 0.190. The van der Waals surface area contributed by atoms with Crippen molar-refractivity contribution in [1.29, 1.82) is 0 Å². The van der Waals surface area contributed by atoms with Gasteiger partial charge in [0.2, 0.25) is 5.91 Å². The first-order valence-corrected chi connectivity index (χ1v) is 14.5. The van der Waals surface area contributed by atoms with Crippen LogP contribution in [0.15, 0.2) is 79.4 Å².